The Hall–Kier alpha value is -2.54. The first-order valence-corrected chi connectivity index (χ1v) is 9.74. The van der Waals surface area contributed by atoms with E-state index in [9.17, 15) is 9.59 Å². The van der Waals surface area contributed by atoms with Gasteiger partial charge in [-0.3, -0.25) is 4.79 Å². The Morgan fingerprint density at radius 2 is 1.85 bits per heavy atom. The van der Waals surface area contributed by atoms with Crippen molar-refractivity contribution >= 4 is 28.9 Å². The predicted octanol–water partition coefficient (Wildman–Crippen LogP) is 3.83. The molecule has 0 fully saturated rings. The number of benzene rings is 1. The Labute approximate surface area is 162 Å². The van der Waals surface area contributed by atoms with Crippen molar-refractivity contribution in [2.24, 2.45) is 0 Å². The lowest BCUT2D eigenvalue weighted by Gasteiger charge is -2.16. The van der Waals surface area contributed by atoms with Crippen LogP contribution in [0.1, 0.15) is 40.6 Å². The van der Waals surface area contributed by atoms with Crippen LogP contribution in [-0.4, -0.2) is 32.2 Å². The van der Waals surface area contributed by atoms with E-state index in [1.165, 1.54) is 12.0 Å². The van der Waals surface area contributed by atoms with Crippen molar-refractivity contribution in [3.63, 3.8) is 0 Å². The Morgan fingerprint density at radius 3 is 2.59 bits per heavy atom. The van der Waals surface area contributed by atoms with E-state index in [1.807, 2.05) is 5.38 Å². The largest absolute Gasteiger partial charge is 0.493 e. The lowest BCUT2D eigenvalue weighted by Crippen LogP contribution is -2.30. The van der Waals surface area contributed by atoms with Crippen LogP contribution in [0, 0.1) is 0 Å². The smallest absolute Gasteiger partial charge is 0.340 e. The Kier molecular flexibility index (Phi) is 6.01. The molecule has 1 aliphatic carbocycles. The van der Waals surface area contributed by atoms with Crippen molar-refractivity contribution in [1.29, 1.82) is 0 Å². The molecule has 7 heteroatoms. The molecule has 0 saturated carbocycles. The number of fused-ring (bicyclic) bond motifs is 1. The number of amides is 1. The number of esters is 1. The van der Waals surface area contributed by atoms with Crippen molar-refractivity contribution in [2.75, 3.05) is 19.5 Å². The van der Waals surface area contributed by atoms with Crippen LogP contribution >= 0.6 is 11.3 Å². The van der Waals surface area contributed by atoms with E-state index in [0.717, 1.165) is 31.2 Å². The standard InChI is InChI=1S/C20H23NO5S/c1-12(19(22)21-13-8-9-16(24-2)17(10-13)25-3)26-20(23)15-11-27-18-7-5-4-6-14(15)18/h8-12H,4-7H2,1-3H3,(H,21,22)/t12-/m0/s1. The second kappa shape index (κ2) is 8.43. The lowest BCUT2D eigenvalue weighted by atomic mass is 9.96. The Balaban J connectivity index is 1.64. The van der Waals surface area contributed by atoms with Crippen LogP contribution in [0.2, 0.25) is 0 Å². The zero-order valence-electron chi connectivity index (χ0n) is 15.7. The Bertz CT molecular complexity index is 845. The number of carbonyl (C=O) groups is 2. The molecule has 144 valence electrons. The van der Waals surface area contributed by atoms with Gasteiger partial charge in [-0.1, -0.05) is 0 Å². The third-order valence-electron chi connectivity index (χ3n) is 4.59. The van der Waals surface area contributed by atoms with Crippen molar-refractivity contribution in [2.45, 2.75) is 38.7 Å². The van der Waals surface area contributed by atoms with Gasteiger partial charge in [-0.15, -0.1) is 11.3 Å². The van der Waals surface area contributed by atoms with E-state index < -0.39 is 18.0 Å². The van der Waals surface area contributed by atoms with Crippen molar-refractivity contribution < 1.29 is 23.8 Å². The summed E-state index contributed by atoms with van der Waals surface area (Å²) in [4.78, 5) is 26.2. The molecule has 0 unspecified atom stereocenters. The maximum Gasteiger partial charge on any atom is 0.340 e. The zero-order chi connectivity index (χ0) is 19.4. The summed E-state index contributed by atoms with van der Waals surface area (Å²) >= 11 is 1.60. The molecule has 1 N–H and O–H groups in total. The molecule has 0 saturated heterocycles. The number of anilines is 1. The summed E-state index contributed by atoms with van der Waals surface area (Å²) in [5.41, 5.74) is 2.22. The van der Waals surface area contributed by atoms with E-state index in [-0.39, 0.29) is 0 Å². The van der Waals surface area contributed by atoms with Gasteiger partial charge < -0.3 is 19.5 Å². The van der Waals surface area contributed by atoms with Gasteiger partial charge in [-0.05, 0) is 50.3 Å². The fourth-order valence-electron chi connectivity index (χ4n) is 3.10. The molecular formula is C20H23NO5S. The molecule has 1 aromatic carbocycles. The van der Waals surface area contributed by atoms with E-state index in [4.69, 9.17) is 14.2 Å². The highest BCUT2D eigenvalue weighted by atomic mass is 32.1. The minimum absolute atomic E-state index is 0.403. The van der Waals surface area contributed by atoms with Crippen LogP contribution in [0.5, 0.6) is 11.5 Å². The average molecular weight is 389 g/mol. The number of ether oxygens (including phenoxy) is 3. The van der Waals surface area contributed by atoms with Crippen molar-refractivity contribution in [3.8, 4) is 11.5 Å². The molecule has 0 spiro atoms. The second-order valence-electron chi connectivity index (χ2n) is 6.36. The summed E-state index contributed by atoms with van der Waals surface area (Å²) in [6.45, 7) is 1.56. The van der Waals surface area contributed by atoms with Gasteiger partial charge in [0.05, 0.1) is 19.8 Å². The highest BCUT2D eigenvalue weighted by molar-refractivity contribution is 7.10. The quantitative estimate of drug-likeness (QED) is 0.760. The molecule has 2 aromatic rings. The van der Waals surface area contributed by atoms with Crippen LogP contribution < -0.4 is 14.8 Å². The highest BCUT2D eigenvalue weighted by Crippen LogP contribution is 2.31. The number of carbonyl (C=O) groups excluding carboxylic acids is 2. The van der Waals surface area contributed by atoms with E-state index in [1.54, 1.807) is 43.6 Å². The third kappa shape index (κ3) is 4.24. The molecule has 1 atom stereocenters. The van der Waals surface area contributed by atoms with Gasteiger partial charge in [0, 0.05) is 22.0 Å². The fourth-order valence-corrected chi connectivity index (χ4v) is 4.22. The molecule has 0 aliphatic heterocycles. The first kappa shape index (κ1) is 19.2. The van der Waals surface area contributed by atoms with Crippen molar-refractivity contribution in [3.05, 3.63) is 39.6 Å². The summed E-state index contributed by atoms with van der Waals surface area (Å²) in [6.07, 6.45) is 3.24. The number of nitrogens with one attached hydrogen (secondary N) is 1. The van der Waals surface area contributed by atoms with Crippen LogP contribution in [-0.2, 0) is 22.4 Å². The summed E-state index contributed by atoms with van der Waals surface area (Å²) in [5, 5.41) is 4.58. The van der Waals surface area contributed by atoms with Gasteiger partial charge in [-0.2, -0.15) is 0 Å². The topological polar surface area (TPSA) is 73.9 Å². The lowest BCUT2D eigenvalue weighted by molar-refractivity contribution is -0.123. The predicted molar refractivity (Wildman–Crippen MR) is 104 cm³/mol. The molecule has 0 bridgehead atoms. The van der Waals surface area contributed by atoms with Crippen LogP contribution in [0.3, 0.4) is 0 Å². The summed E-state index contributed by atoms with van der Waals surface area (Å²) in [7, 11) is 3.07. The molecule has 3 rings (SSSR count). The molecule has 0 radical (unpaired) electrons. The molecular weight excluding hydrogens is 366 g/mol. The fraction of sp³-hybridized carbons (Fsp3) is 0.400. The van der Waals surface area contributed by atoms with Gasteiger partial charge in [-0.25, -0.2) is 4.79 Å². The third-order valence-corrected chi connectivity index (χ3v) is 5.67. The summed E-state index contributed by atoms with van der Waals surface area (Å²) in [5.74, 6) is 0.228. The molecule has 27 heavy (non-hydrogen) atoms. The first-order valence-electron chi connectivity index (χ1n) is 8.86. The highest BCUT2D eigenvalue weighted by Gasteiger charge is 2.25. The van der Waals surface area contributed by atoms with E-state index >= 15 is 0 Å². The minimum Gasteiger partial charge on any atom is -0.493 e. The van der Waals surface area contributed by atoms with Crippen LogP contribution in [0.15, 0.2) is 23.6 Å². The maximum absolute atomic E-state index is 12.5. The molecule has 1 heterocycles. The van der Waals surface area contributed by atoms with Gasteiger partial charge >= 0.3 is 5.97 Å². The van der Waals surface area contributed by atoms with Gasteiger partial charge in [0.1, 0.15) is 0 Å². The number of hydrogen-bond acceptors (Lipinski definition) is 6. The van der Waals surface area contributed by atoms with Gasteiger partial charge in [0.15, 0.2) is 17.6 Å². The first-order chi connectivity index (χ1) is 13.0. The number of aryl methyl sites for hydroxylation is 1. The van der Waals surface area contributed by atoms with Gasteiger partial charge in [0.2, 0.25) is 0 Å². The van der Waals surface area contributed by atoms with Gasteiger partial charge in [0.25, 0.3) is 5.91 Å². The molecule has 1 aromatic heterocycles. The SMILES string of the molecule is COc1ccc(NC(=O)[C@H](C)OC(=O)c2csc3c2CCCC3)cc1OC. The number of methoxy groups -OCH3 is 2. The number of hydrogen-bond donors (Lipinski definition) is 1. The average Bonchev–Trinajstić information content (AvgIpc) is 3.12. The van der Waals surface area contributed by atoms with Crippen LogP contribution in [0.4, 0.5) is 5.69 Å². The monoisotopic (exact) mass is 389 g/mol. The summed E-state index contributed by atoms with van der Waals surface area (Å²) in [6, 6.07) is 5.05. The molecule has 1 amide bonds. The van der Waals surface area contributed by atoms with Crippen molar-refractivity contribution in [1.82, 2.24) is 0 Å². The van der Waals surface area contributed by atoms with Crippen LogP contribution in [0.25, 0.3) is 0 Å². The zero-order valence-corrected chi connectivity index (χ0v) is 16.5. The molecule has 6 nitrogen and oxygen atoms in total. The molecule has 1 aliphatic rings. The van der Waals surface area contributed by atoms with E-state index in [0.29, 0.717) is 22.7 Å². The normalized spacial score (nSPS) is 14.0. The number of rotatable bonds is 6. The summed E-state index contributed by atoms with van der Waals surface area (Å²) < 4.78 is 15.8. The minimum atomic E-state index is -0.912. The van der Waals surface area contributed by atoms with E-state index in [2.05, 4.69) is 5.32 Å². The maximum atomic E-state index is 12.5. The number of thiophene rings is 1. The second-order valence-corrected chi connectivity index (χ2v) is 7.33. The Morgan fingerprint density at radius 1 is 1.11 bits per heavy atom.